The van der Waals surface area contributed by atoms with Gasteiger partial charge in [-0.2, -0.15) is 0 Å². The van der Waals surface area contributed by atoms with Crippen molar-refractivity contribution in [2.45, 2.75) is 44.6 Å². The number of likely N-dealkylation sites (tertiary alicyclic amines) is 1. The molecule has 1 spiro atoms. The smallest absolute Gasteiger partial charge is 0.410 e. The second-order valence-corrected chi connectivity index (χ2v) is 8.88. The van der Waals surface area contributed by atoms with Crippen LogP contribution in [0.1, 0.15) is 36.0 Å². The minimum Gasteiger partial charge on any atom is -0.483 e. The monoisotopic (exact) mass is 426 g/mol. The van der Waals surface area contributed by atoms with Crippen LogP contribution in [0.2, 0.25) is 0 Å². The molecule has 1 aliphatic carbocycles. The van der Waals surface area contributed by atoms with E-state index >= 15 is 0 Å². The Morgan fingerprint density at radius 1 is 1.16 bits per heavy atom. The van der Waals surface area contributed by atoms with Crippen molar-refractivity contribution in [1.82, 2.24) is 9.80 Å². The Kier molecular flexibility index (Phi) is 4.68. The maximum absolute atomic E-state index is 12.7. The number of carbonyl (C=O) groups is 2. The molecular formula is C23H26N2O6. The molecule has 0 saturated carbocycles. The summed E-state index contributed by atoms with van der Waals surface area (Å²) in [6.07, 6.45) is 4.01. The average Bonchev–Trinajstić information content (AvgIpc) is 3.29. The Bertz CT molecular complexity index is 1140. The molecule has 1 unspecified atom stereocenters. The topological polar surface area (TPSA) is 89.3 Å². The largest absolute Gasteiger partial charge is 0.483 e. The van der Waals surface area contributed by atoms with Crippen LogP contribution in [0.5, 0.6) is 5.75 Å². The lowest BCUT2D eigenvalue weighted by Gasteiger charge is -2.22. The Morgan fingerprint density at radius 2 is 1.94 bits per heavy atom. The van der Waals surface area contributed by atoms with E-state index in [2.05, 4.69) is 0 Å². The van der Waals surface area contributed by atoms with Crippen molar-refractivity contribution in [2.75, 3.05) is 33.3 Å². The van der Waals surface area contributed by atoms with Crippen molar-refractivity contribution >= 4 is 23.0 Å². The number of hydrogen-bond donors (Lipinski definition) is 0. The zero-order valence-electron chi connectivity index (χ0n) is 17.9. The van der Waals surface area contributed by atoms with Gasteiger partial charge >= 0.3 is 11.7 Å². The molecule has 2 aliphatic heterocycles. The summed E-state index contributed by atoms with van der Waals surface area (Å²) in [7, 11) is 1.70. The van der Waals surface area contributed by atoms with E-state index in [-0.39, 0.29) is 24.2 Å². The summed E-state index contributed by atoms with van der Waals surface area (Å²) in [5, 5.41) is 0.958. The lowest BCUT2D eigenvalue weighted by atomic mass is 9.90. The molecular weight excluding hydrogens is 400 g/mol. The molecule has 31 heavy (non-hydrogen) atoms. The summed E-state index contributed by atoms with van der Waals surface area (Å²) in [4.78, 5) is 40.1. The molecule has 164 valence electrons. The van der Waals surface area contributed by atoms with Crippen LogP contribution in [0.4, 0.5) is 4.79 Å². The lowest BCUT2D eigenvalue weighted by Crippen LogP contribution is -2.40. The molecule has 2 fully saturated rings. The van der Waals surface area contributed by atoms with Gasteiger partial charge in [0.05, 0.1) is 13.1 Å². The van der Waals surface area contributed by atoms with Crippen LogP contribution in [0.25, 0.3) is 11.0 Å². The van der Waals surface area contributed by atoms with Gasteiger partial charge in [0.15, 0.2) is 12.2 Å². The number of likely N-dealkylation sites (N-methyl/N-ethyl adjacent to an activating group) is 1. The summed E-state index contributed by atoms with van der Waals surface area (Å²) in [6.45, 7) is 3.12. The van der Waals surface area contributed by atoms with Gasteiger partial charge in [-0.05, 0) is 50.3 Å². The highest BCUT2D eigenvalue weighted by Gasteiger charge is 2.49. The maximum atomic E-state index is 12.7. The van der Waals surface area contributed by atoms with Crippen molar-refractivity contribution in [1.29, 1.82) is 0 Å². The van der Waals surface area contributed by atoms with Gasteiger partial charge in [-0.15, -0.1) is 0 Å². The fourth-order valence-corrected chi connectivity index (χ4v) is 5.07. The minimum atomic E-state index is -0.608. The zero-order valence-corrected chi connectivity index (χ0v) is 17.9. The highest BCUT2D eigenvalue weighted by Crippen LogP contribution is 2.34. The molecule has 1 atom stereocenters. The van der Waals surface area contributed by atoms with E-state index in [1.54, 1.807) is 11.9 Å². The number of hydrogen-bond acceptors (Lipinski definition) is 6. The van der Waals surface area contributed by atoms with Crippen LogP contribution in [0.15, 0.2) is 21.3 Å². The SMILES string of the molecule is Cc1c(OCC(=O)N2CCC3(CN(C)C(=O)O3)C2)ccc2c3c(c(=O)oc12)CCCC3. The summed E-state index contributed by atoms with van der Waals surface area (Å²) in [5.41, 5.74) is 2.27. The molecule has 0 N–H and O–H groups in total. The second-order valence-electron chi connectivity index (χ2n) is 8.88. The highest BCUT2D eigenvalue weighted by molar-refractivity contribution is 5.86. The fourth-order valence-electron chi connectivity index (χ4n) is 5.07. The van der Waals surface area contributed by atoms with Gasteiger partial charge in [-0.25, -0.2) is 9.59 Å². The van der Waals surface area contributed by atoms with Crippen LogP contribution in [-0.4, -0.2) is 60.7 Å². The number of aryl methyl sites for hydroxylation is 2. The van der Waals surface area contributed by atoms with Gasteiger partial charge in [0.25, 0.3) is 5.91 Å². The third-order valence-electron chi connectivity index (χ3n) is 6.75. The summed E-state index contributed by atoms with van der Waals surface area (Å²) in [5.74, 6) is 0.370. The van der Waals surface area contributed by atoms with Crippen LogP contribution < -0.4 is 10.4 Å². The lowest BCUT2D eigenvalue weighted by molar-refractivity contribution is -0.133. The number of nitrogens with zero attached hydrogens (tertiary/aromatic N) is 2. The quantitative estimate of drug-likeness (QED) is 0.701. The molecule has 1 aromatic heterocycles. The molecule has 3 aliphatic rings. The molecule has 5 rings (SSSR count). The molecule has 0 radical (unpaired) electrons. The Morgan fingerprint density at radius 3 is 2.68 bits per heavy atom. The number of fused-ring (bicyclic) bond motifs is 3. The van der Waals surface area contributed by atoms with Gasteiger partial charge in [-0.1, -0.05) is 0 Å². The molecule has 0 bridgehead atoms. The molecule has 1 aromatic carbocycles. The van der Waals surface area contributed by atoms with E-state index in [1.165, 1.54) is 4.90 Å². The second kappa shape index (κ2) is 7.28. The zero-order chi connectivity index (χ0) is 21.8. The standard InChI is InChI=1S/C23H26N2O6/c1-14-18(8-7-16-15-5-3-4-6-17(15)21(27)30-20(14)16)29-11-19(26)25-10-9-23(13-25)12-24(2)22(28)31-23/h7-8H,3-6,9-13H2,1-2H3. The Hall–Kier alpha value is -3.03. The molecule has 2 aromatic rings. The van der Waals surface area contributed by atoms with E-state index in [0.717, 1.165) is 47.8 Å². The predicted molar refractivity (Wildman–Crippen MR) is 112 cm³/mol. The Balaban J connectivity index is 1.31. The predicted octanol–water partition coefficient (Wildman–Crippen LogP) is 2.41. The van der Waals surface area contributed by atoms with E-state index < -0.39 is 5.60 Å². The third-order valence-corrected chi connectivity index (χ3v) is 6.75. The first-order valence-electron chi connectivity index (χ1n) is 10.8. The molecule has 8 heteroatoms. The van der Waals surface area contributed by atoms with Crippen molar-refractivity contribution in [2.24, 2.45) is 0 Å². The molecule has 3 heterocycles. The van der Waals surface area contributed by atoms with Gasteiger partial charge < -0.3 is 23.7 Å². The summed E-state index contributed by atoms with van der Waals surface area (Å²) in [6, 6.07) is 3.77. The van der Waals surface area contributed by atoms with E-state index in [0.29, 0.717) is 37.4 Å². The number of carbonyl (C=O) groups excluding carboxylic acids is 2. The first-order valence-corrected chi connectivity index (χ1v) is 10.8. The number of ether oxygens (including phenoxy) is 2. The number of amides is 2. The van der Waals surface area contributed by atoms with Gasteiger partial charge in [0.2, 0.25) is 0 Å². The molecule has 8 nitrogen and oxygen atoms in total. The average molecular weight is 426 g/mol. The highest BCUT2D eigenvalue weighted by atomic mass is 16.6. The van der Waals surface area contributed by atoms with Crippen molar-refractivity contribution in [3.05, 3.63) is 39.2 Å². The van der Waals surface area contributed by atoms with Gasteiger partial charge in [0, 0.05) is 36.5 Å². The van der Waals surface area contributed by atoms with E-state index in [1.807, 2.05) is 19.1 Å². The van der Waals surface area contributed by atoms with Crippen LogP contribution in [-0.2, 0) is 22.4 Å². The van der Waals surface area contributed by atoms with E-state index in [4.69, 9.17) is 13.9 Å². The number of benzene rings is 1. The summed E-state index contributed by atoms with van der Waals surface area (Å²) < 4.78 is 17.0. The first kappa shape index (κ1) is 19.9. The van der Waals surface area contributed by atoms with Crippen LogP contribution >= 0.6 is 0 Å². The fraction of sp³-hybridized carbons (Fsp3) is 0.522. The van der Waals surface area contributed by atoms with Crippen LogP contribution in [0, 0.1) is 6.92 Å². The number of rotatable bonds is 3. The maximum Gasteiger partial charge on any atom is 0.410 e. The van der Waals surface area contributed by atoms with Gasteiger partial charge in [0.1, 0.15) is 11.3 Å². The van der Waals surface area contributed by atoms with Crippen LogP contribution in [0.3, 0.4) is 0 Å². The summed E-state index contributed by atoms with van der Waals surface area (Å²) >= 11 is 0. The normalized spacial score (nSPS) is 22.8. The van der Waals surface area contributed by atoms with Crippen molar-refractivity contribution < 1.29 is 23.5 Å². The van der Waals surface area contributed by atoms with Crippen molar-refractivity contribution in [3.63, 3.8) is 0 Å². The first-order chi connectivity index (χ1) is 14.9. The third kappa shape index (κ3) is 3.34. The minimum absolute atomic E-state index is 0.124. The van der Waals surface area contributed by atoms with E-state index in [9.17, 15) is 14.4 Å². The molecule has 2 amide bonds. The Labute approximate surface area is 179 Å². The molecule has 2 saturated heterocycles. The van der Waals surface area contributed by atoms with Gasteiger partial charge in [-0.3, -0.25) is 4.79 Å². The van der Waals surface area contributed by atoms with Crippen molar-refractivity contribution in [3.8, 4) is 5.75 Å².